The maximum atomic E-state index is 11.9. The van der Waals surface area contributed by atoms with Crippen LogP contribution in [-0.4, -0.2) is 13.4 Å². The fourth-order valence-electron chi connectivity index (χ4n) is 1.21. The van der Waals surface area contributed by atoms with Gasteiger partial charge in [-0.2, -0.15) is 8.42 Å². The number of hydrogen-bond donors (Lipinski definition) is 0. The van der Waals surface area contributed by atoms with E-state index in [0.717, 1.165) is 0 Å². The highest BCUT2D eigenvalue weighted by Crippen LogP contribution is 2.21. The molecule has 94 valence electrons. The Hall–Kier alpha value is -1.30. The third kappa shape index (κ3) is 3.13. The van der Waals surface area contributed by atoms with Gasteiger partial charge in [-0.1, -0.05) is 23.2 Å². The minimum Gasteiger partial charge on any atom is -0.377 e. The van der Waals surface area contributed by atoms with E-state index in [1.807, 2.05) is 0 Å². The lowest BCUT2D eigenvalue weighted by Gasteiger charge is -2.06. The molecule has 0 bridgehead atoms. The average molecular weight is 304 g/mol. The van der Waals surface area contributed by atoms with Crippen LogP contribution >= 0.6 is 23.2 Å². The van der Waals surface area contributed by atoms with E-state index < -0.39 is 10.1 Å². The Morgan fingerprint density at radius 3 is 2.28 bits per heavy atom. The smallest absolute Gasteiger partial charge is 0.339 e. The van der Waals surface area contributed by atoms with Crippen molar-refractivity contribution in [2.45, 2.75) is 4.90 Å². The topological polar surface area (TPSA) is 56.3 Å². The summed E-state index contributed by atoms with van der Waals surface area (Å²) in [4.78, 5) is 3.74. The zero-order valence-corrected chi connectivity index (χ0v) is 11.2. The maximum absolute atomic E-state index is 11.9. The van der Waals surface area contributed by atoms with E-state index in [1.165, 1.54) is 42.7 Å². The zero-order chi connectivity index (χ0) is 13.2. The van der Waals surface area contributed by atoms with Crippen LogP contribution in [0.1, 0.15) is 0 Å². The Morgan fingerprint density at radius 1 is 1.00 bits per heavy atom. The van der Waals surface area contributed by atoms with Crippen molar-refractivity contribution >= 4 is 33.3 Å². The lowest BCUT2D eigenvalue weighted by molar-refractivity contribution is 0.485. The molecule has 1 aromatic heterocycles. The molecule has 0 unspecified atom stereocenters. The molecule has 0 fully saturated rings. The number of benzene rings is 1. The van der Waals surface area contributed by atoms with E-state index in [2.05, 4.69) is 4.98 Å². The summed E-state index contributed by atoms with van der Waals surface area (Å²) in [6.07, 6.45) is 2.64. The fourth-order valence-corrected chi connectivity index (χ4v) is 2.41. The minimum absolute atomic E-state index is 0.00637. The van der Waals surface area contributed by atoms with Gasteiger partial charge in [0.1, 0.15) is 4.90 Å². The predicted octanol–water partition coefficient (Wildman–Crippen LogP) is 3.16. The molecule has 2 rings (SSSR count). The number of halogens is 2. The van der Waals surface area contributed by atoms with Crippen LogP contribution in [0.15, 0.2) is 47.6 Å². The summed E-state index contributed by atoms with van der Waals surface area (Å²) in [6, 6.07) is 7.01. The predicted molar refractivity (Wildman–Crippen MR) is 68.5 cm³/mol. The number of hydrogen-bond acceptors (Lipinski definition) is 4. The summed E-state index contributed by atoms with van der Waals surface area (Å²) < 4.78 is 28.7. The molecule has 1 aromatic carbocycles. The number of nitrogens with zero attached hydrogens (tertiary/aromatic N) is 1. The third-order valence-electron chi connectivity index (χ3n) is 1.99. The number of pyridine rings is 1. The molecule has 0 saturated heterocycles. The number of aromatic nitrogens is 1. The van der Waals surface area contributed by atoms with Gasteiger partial charge in [0.15, 0.2) is 5.75 Å². The largest absolute Gasteiger partial charge is 0.377 e. The van der Waals surface area contributed by atoms with Crippen LogP contribution in [0.25, 0.3) is 0 Å². The van der Waals surface area contributed by atoms with Crippen molar-refractivity contribution in [2.24, 2.45) is 0 Å². The van der Waals surface area contributed by atoms with Crippen molar-refractivity contribution in [3.63, 3.8) is 0 Å². The van der Waals surface area contributed by atoms with E-state index in [1.54, 1.807) is 0 Å². The van der Waals surface area contributed by atoms with Gasteiger partial charge in [-0.05, 0) is 24.3 Å². The molecule has 0 radical (unpaired) electrons. The second kappa shape index (κ2) is 5.14. The van der Waals surface area contributed by atoms with Crippen LogP contribution in [0.4, 0.5) is 0 Å². The van der Waals surface area contributed by atoms with Gasteiger partial charge in [0.25, 0.3) is 0 Å². The SMILES string of the molecule is O=S(=O)(Oc1cncc(Cl)c1)c1ccc(Cl)cc1. The van der Waals surface area contributed by atoms with E-state index in [-0.39, 0.29) is 10.6 Å². The molecule has 1 heterocycles. The second-order valence-electron chi connectivity index (χ2n) is 3.33. The standard InChI is InChI=1S/C11H7Cl2NO3S/c12-8-1-3-11(4-2-8)18(15,16)17-10-5-9(13)6-14-7-10/h1-7H. The van der Waals surface area contributed by atoms with E-state index in [0.29, 0.717) is 10.0 Å². The molecule has 0 amide bonds. The molecule has 0 atom stereocenters. The zero-order valence-electron chi connectivity index (χ0n) is 8.88. The first-order valence-corrected chi connectivity index (χ1v) is 6.94. The summed E-state index contributed by atoms with van der Waals surface area (Å²) >= 11 is 11.4. The fraction of sp³-hybridized carbons (Fsp3) is 0. The van der Waals surface area contributed by atoms with Crippen LogP contribution in [0.2, 0.25) is 10.0 Å². The highest BCUT2D eigenvalue weighted by Gasteiger charge is 2.16. The average Bonchev–Trinajstić information content (AvgIpc) is 2.29. The first-order valence-electron chi connectivity index (χ1n) is 4.78. The van der Waals surface area contributed by atoms with Crippen LogP contribution in [-0.2, 0) is 10.1 Å². The summed E-state index contributed by atoms with van der Waals surface area (Å²) in [5, 5.41) is 0.733. The van der Waals surface area contributed by atoms with Crippen molar-refractivity contribution in [3.05, 3.63) is 52.8 Å². The molecule has 0 aliphatic carbocycles. The second-order valence-corrected chi connectivity index (χ2v) is 5.75. The van der Waals surface area contributed by atoms with Gasteiger partial charge in [-0.3, -0.25) is 4.98 Å². The monoisotopic (exact) mass is 303 g/mol. The lowest BCUT2D eigenvalue weighted by atomic mass is 10.4. The van der Waals surface area contributed by atoms with Crippen molar-refractivity contribution in [1.29, 1.82) is 0 Å². The molecule has 18 heavy (non-hydrogen) atoms. The quantitative estimate of drug-likeness (QED) is 0.817. The molecule has 0 N–H and O–H groups in total. The van der Waals surface area contributed by atoms with Gasteiger partial charge in [0, 0.05) is 17.3 Å². The van der Waals surface area contributed by atoms with E-state index >= 15 is 0 Å². The summed E-state index contributed by atoms with van der Waals surface area (Å²) in [5.41, 5.74) is 0. The Labute approximate surface area is 114 Å². The van der Waals surface area contributed by atoms with Gasteiger partial charge in [-0.15, -0.1) is 0 Å². The molecule has 4 nitrogen and oxygen atoms in total. The molecule has 7 heteroatoms. The van der Waals surface area contributed by atoms with Crippen LogP contribution in [0.5, 0.6) is 5.75 Å². The summed E-state index contributed by atoms with van der Waals surface area (Å²) in [5.74, 6) is 0.0532. The molecular weight excluding hydrogens is 297 g/mol. The molecule has 0 saturated carbocycles. The van der Waals surface area contributed by atoms with Crippen molar-refractivity contribution < 1.29 is 12.6 Å². The van der Waals surface area contributed by atoms with E-state index in [9.17, 15) is 8.42 Å². The van der Waals surface area contributed by atoms with Crippen molar-refractivity contribution in [2.75, 3.05) is 0 Å². The lowest BCUT2D eigenvalue weighted by Crippen LogP contribution is -2.09. The Bertz CT molecular complexity index is 656. The molecular formula is C11H7Cl2NO3S. The van der Waals surface area contributed by atoms with Gasteiger partial charge in [0.05, 0.1) is 11.2 Å². The summed E-state index contributed by atoms with van der Waals surface area (Å²) in [7, 11) is -3.90. The normalized spacial score (nSPS) is 11.2. The highest BCUT2D eigenvalue weighted by atomic mass is 35.5. The van der Waals surface area contributed by atoms with Crippen LogP contribution < -0.4 is 4.18 Å². The third-order valence-corrected chi connectivity index (χ3v) is 3.71. The first kappa shape index (κ1) is 13.1. The minimum atomic E-state index is -3.90. The van der Waals surface area contributed by atoms with Gasteiger partial charge < -0.3 is 4.18 Å². The van der Waals surface area contributed by atoms with Crippen LogP contribution in [0, 0.1) is 0 Å². The van der Waals surface area contributed by atoms with Gasteiger partial charge in [0.2, 0.25) is 0 Å². The number of rotatable bonds is 3. The van der Waals surface area contributed by atoms with Gasteiger partial charge in [-0.25, -0.2) is 0 Å². The Kier molecular flexibility index (Phi) is 3.75. The van der Waals surface area contributed by atoms with E-state index in [4.69, 9.17) is 27.4 Å². The molecule has 0 aliphatic heterocycles. The first-order chi connectivity index (χ1) is 8.47. The Morgan fingerprint density at radius 2 is 1.67 bits per heavy atom. The summed E-state index contributed by atoms with van der Waals surface area (Å²) in [6.45, 7) is 0. The molecule has 0 spiro atoms. The van der Waals surface area contributed by atoms with Gasteiger partial charge >= 0.3 is 10.1 Å². The molecule has 0 aliphatic rings. The highest BCUT2D eigenvalue weighted by molar-refractivity contribution is 7.87. The van der Waals surface area contributed by atoms with Crippen molar-refractivity contribution in [3.8, 4) is 5.75 Å². The maximum Gasteiger partial charge on any atom is 0.339 e. The molecule has 2 aromatic rings. The van der Waals surface area contributed by atoms with Crippen LogP contribution in [0.3, 0.4) is 0 Å². The Balaban J connectivity index is 2.30. The van der Waals surface area contributed by atoms with Crippen molar-refractivity contribution in [1.82, 2.24) is 4.98 Å².